The number of ketones is 1. The van der Waals surface area contributed by atoms with Crippen molar-refractivity contribution < 1.29 is 22.4 Å². The minimum Gasteiger partial charge on any atom is -0.293 e. The zero-order chi connectivity index (χ0) is 12.3. The van der Waals surface area contributed by atoms with Crippen molar-refractivity contribution in [3.8, 4) is 0 Å². The van der Waals surface area contributed by atoms with Crippen LogP contribution in [0.25, 0.3) is 0 Å². The molecule has 0 aromatic heterocycles. The molecular formula is C10H8F4OS. The van der Waals surface area contributed by atoms with E-state index in [1.54, 1.807) is 6.26 Å². The molecule has 0 amide bonds. The number of Topliss-reactive ketones (excluding diaryl/α,β-unsaturated/α-hetero) is 1. The highest BCUT2D eigenvalue weighted by Gasteiger charge is 2.31. The lowest BCUT2D eigenvalue weighted by Crippen LogP contribution is -2.10. The van der Waals surface area contributed by atoms with E-state index in [-0.39, 0.29) is 5.75 Å². The summed E-state index contributed by atoms with van der Waals surface area (Å²) in [5, 5.41) is 0. The standard InChI is InChI=1S/C10H8F4OS/c1-16-5-9(15)7-4-6(10(12,13)14)2-3-8(7)11/h2-4H,5H2,1H3. The third-order valence-electron chi connectivity index (χ3n) is 1.87. The number of carbonyl (C=O) groups excluding carboxylic acids is 1. The molecule has 0 unspecified atom stereocenters. The SMILES string of the molecule is CSCC(=O)c1cc(C(F)(F)F)ccc1F. The Morgan fingerprint density at radius 2 is 2.00 bits per heavy atom. The summed E-state index contributed by atoms with van der Waals surface area (Å²) >= 11 is 1.13. The summed E-state index contributed by atoms with van der Waals surface area (Å²) < 4.78 is 50.1. The first-order valence-corrected chi connectivity index (χ1v) is 5.64. The third kappa shape index (κ3) is 2.98. The van der Waals surface area contributed by atoms with Crippen LogP contribution in [0.4, 0.5) is 17.6 Å². The van der Waals surface area contributed by atoms with Gasteiger partial charge in [0, 0.05) is 0 Å². The van der Waals surface area contributed by atoms with Gasteiger partial charge in [0.1, 0.15) is 5.82 Å². The number of thioether (sulfide) groups is 1. The number of alkyl halides is 3. The Kier molecular flexibility index (Phi) is 3.96. The largest absolute Gasteiger partial charge is 0.416 e. The Morgan fingerprint density at radius 1 is 1.38 bits per heavy atom. The highest BCUT2D eigenvalue weighted by atomic mass is 32.2. The van der Waals surface area contributed by atoms with Crippen molar-refractivity contribution in [3.63, 3.8) is 0 Å². The minimum atomic E-state index is -4.57. The number of halogens is 4. The second kappa shape index (κ2) is 4.86. The lowest BCUT2D eigenvalue weighted by molar-refractivity contribution is -0.137. The van der Waals surface area contributed by atoms with Gasteiger partial charge in [-0.1, -0.05) is 0 Å². The van der Waals surface area contributed by atoms with Crippen molar-refractivity contribution in [2.24, 2.45) is 0 Å². The van der Waals surface area contributed by atoms with Gasteiger partial charge in [0.25, 0.3) is 0 Å². The molecule has 1 nitrogen and oxygen atoms in total. The van der Waals surface area contributed by atoms with Crippen LogP contribution in [-0.4, -0.2) is 17.8 Å². The molecule has 0 aliphatic heterocycles. The topological polar surface area (TPSA) is 17.1 Å². The molecule has 6 heteroatoms. The molecule has 1 aromatic rings. The Hall–Kier alpha value is -1.04. The fourth-order valence-corrected chi connectivity index (χ4v) is 1.54. The van der Waals surface area contributed by atoms with Crippen LogP contribution in [0.5, 0.6) is 0 Å². The first-order valence-electron chi connectivity index (χ1n) is 4.25. The van der Waals surface area contributed by atoms with Gasteiger partial charge in [-0.3, -0.25) is 4.79 Å². The van der Waals surface area contributed by atoms with Crippen LogP contribution in [-0.2, 0) is 6.18 Å². The molecule has 16 heavy (non-hydrogen) atoms. The molecule has 0 aliphatic rings. The molecule has 0 saturated heterocycles. The Balaban J connectivity index is 3.14. The van der Waals surface area contributed by atoms with Crippen molar-refractivity contribution in [2.75, 3.05) is 12.0 Å². The van der Waals surface area contributed by atoms with Crippen molar-refractivity contribution in [1.29, 1.82) is 0 Å². The summed E-state index contributed by atoms with van der Waals surface area (Å²) in [5.74, 6) is -1.61. The third-order valence-corrected chi connectivity index (χ3v) is 2.42. The summed E-state index contributed by atoms with van der Waals surface area (Å²) in [6.45, 7) is 0. The van der Waals surface area contributed by atoms with Crippen molar-refractivity contribution >= 4 is 17.5 Å². The summed E-state index contributed by atoms with van der Waals surface area (Å²) in [4.78, 5) is 11.3. The van der Waals surface area contributed by atoms with E-state index in [1.165, 1.54) is 0 Å². The van der Waals surface area contributed by atoms with Gasteiger partial charge in [0.2, 0.25) is 0 Å². The minimum absolute atomic E-state index is 0.0434. The van der Waals surface area contributed by atoms with Crippen LogP contribution in [0.15, 0.2) is 18.2 Å². The summed E-state index contributed by atoms with van der Waals surface area (Å²) in [6, 6.07) is 1.83. The first kappa shape index (κ1) is 13.0. The van der Waals surface area contributed by atoms with Gasteiger partial charge < -0.3 is 0 Å². The Labute approximate surface area is 93.8 Å². The van der Waals surface area contributed by atoms with E-state index in [1.807, 2.05) is 0 Å². The Bertz CT molecular complexity index is 400. The van der Waals surface area contributed by atoms with E-state index in [9.17, 15) is 22.4 Å². The molecule has 0 aliphatic carbocycles. The van der Waals surface area contributed by atoms with E-state index in [0.29, 0.717) is 18.2 Å². The molecule has 0 saturated carbocycles. The van der Waals surface area contributed by atoms with Crippen LogP contribution in [0, 0.1) is 5.82 Å². The zero-order valence-electron chi connectivity index (χ0n) is 8.27. The summed E-state index contributed by atoms with van der Waals surface area (Å²) in [6.07, 6.45) is -2.95. The second-order valence-electron chi connectivity index (χ2n) is 3.05. The van der Waals surface area contributed by atoms with Crippen LogP contribution < -0.4 is 0 Å². The molecule has 1 aromatic carbocycles. The molecule has 0 N–H and O–H groups in total. The van der Waals surface area contributed by atoms with E-state index in [0.717, 1.165) is 11.8 Å². The van der Waals surface area contributed by atoms with Gasteiger partial charge in [0.15, 0.2) is 5.78 Å². The van der Waals surface area contributed by atoms with Crippen molar-refractivity contribution in [2.45, 2.75) is 6.18 Å². The van der Waals surface area contributed by atoms with E-state index in [2.05, 4.69) is 0 Å². The normalized spacial score (nSPS) is 11.6. The molecule has 0 radical (unpaired) electrons. The van der Waals surface area contributed by atoms with Gasteiger partial charge >= 0.3 is 6.18 Å². The zero-order valence-corrected chi connectivity index (χ0v) is 9.08. The highest BCUT2D eigenvalue weighted by Crippen LogP contribution is 2.30. The number of hydrogen-bond donors (Lipinski definition) is 0. The maximum atomic E-state index is 13.1. The van der Waals surface area contributed by atoms with Crippen LogP contribution in [0.1, 0.15) is 15.9 Å². The average molecular weight is 252 g/mol. The average Bonchev–Trinajstić information content (AvgIpc) is 2.16. The molecule has 0 atom stereocenters. The van der Waals surface area contributed by atoms with E-state index < -0.39 is 28.9 Å². The molecule has 0 fully saturated rings. The second-order valence-corrected chi connectivity index (χ2v) is 3.91. The molecule has 88 valence electrons. The number of benzene rings is 1. The van der Waals surface area contributed by atoms with Gasteiger partial charge in [-0.2, -0.15) is 24.9 Å². The number of carbonyl (C=O) groups is 1. The molecule has 0 heterocycles. The summed E-state index contributed by atoms with van der Waals surface area (Å²) in [5.41, 5.74) is -1.53. The van der Waals surface area contributed by atoms with Gasteiger partial charge in [-0.15, -0.1) is 0 Å². The molecule has 1 rings (SSSR count). The lowest BCUT2D eigenvalue weighted by Gasteiger charge is -2.08. The highest BCUT2D eigenvalue weighted by molar-refractivity contribution is 7.99. The molecule has 0 spiro atoms. The predicted octanol–water partition coefficient (Wildman–Crippen LogP) is 3.39. The molecular weight excluding hydrogens is 244 g/mol. The van der Waals surface area contributed by atoms with Crippen LogP contribution in [0.2, 0.25) is 0 Å². The van der Waals surface area contributed by atoms with E-state index >= 15 is 0 Å². The number of rotatable bonds is 3. The first-order chi connectivity index (χ1) is 7.36. The number of hydrogen-bond acceptors (Lipinski definition) is 2. The fraction of sp³-hybridized carbons (Fsp3) is 0.300. The predicted molar refractivity (Wildman–Crippen MR) is 54.1 cm³/mol. The monoisotopic (exact) mass is 252 g/mol. The maximum Gasteiger partial charge on any atom is 0.416 e. The van der Waals surface area contributed by atoms with E-state index in [4.69, 9.17) is 0 Å². The van der Waals surface area contributed by atoms with Crippen molar-refractivity contribution in [1.82, 2.24) is 0 Å². The fourth-order valence-electron chi connectivity index (χ4n) is 1.12. The lowest BCUT2D eigenvalue weighted by atomic mass is 10.1. The maximum absolute atomic E-state index is 13.1. The van der Waals surface area contributed by atoms with Crippen LogP contribution in [0.3, 0.4) is 0 Å². The van der Waals surface area contributed by atoms with Crippen molar-refractivity contribution in [3.05, 3.63) is 35.1 Å². The van der Waals surface area contributed by atoms with Crippen LogP contribution >= 0.6 is 11.8 Å². The smallest absolute Gasteiger partial charge is 0.293 e. The Morgan fingerprint density at radius 3 is 2.50 bits per heavy atom. The summed E-state index contributed by atoms with van der Waals surface area (Å²) in [7, 11) is 0. The quantitative estimate of drug-likeness (QED) is 0.606. The van der Waals surface area contributed by atoms with Gasteiger partial charge in [-0.25, -0.2) is 4.39 Å². The molecule has 0 bridgehead atoms. The van der Waals surface area contributed by atoms with Gasteiger partial charge in [-0.05, 0) is 24.5 Å². The van der Waals surface area contributed by atoms with Gasteiger partial charge in [0.05, 0.1) is 16.9 Å².